The monoisotopic (exact) mass is 278 g/mol. The molecule has 0 N–H and O–H groups in total. The first-order valence-electron chi connectivity index (χ1n) is 8.37. The fraction of sp³-hybridized carbons (Fsp3) is 0.737. The predicted octanol–water partition coefficient (Wildman–Crippen LogP) is 6.10. The quantitative estimate of drug-likeness (QED) is 0.441. The average Bonchev–Trinajstić information content (AvgIpc) is 2.38. The molecule has 0 aromatic carbocycles. The first-order valence-corrected chi connectivity index (χ1v) is 8.37. The lowest BCUT2D eigenvalue weighted by Gasteiger charge is -2.12. The number of carbonyl (C=O) groups excluding carboxylic acids is 1. The van der Waals surface area contributed by atoms with E-state index >= 15 is 0 Å². The van der Waals surface area contributed by atoms with Crippen molar-refractivity contribution in [2.45, 2.75) is 80.1 Å². The highest BCUT2D eigenvalue weighted by Crippen LogP contribution is 2.20. The van der Waals surface area contributed by atoms with Crippen molar-refractivity contribution in [2.24, 2.45) is 11.8 Å². The molecule has 0 spiro atoms. The summed E-state index contributed by atoms with van der Waals surface area (Å²) in [5, 5.41) is 0. The second-order valence-electron chi connectivity index (χ2n) is 6.36. The molecule has 0 heterocycles. The van der Waals surface area contributed by atoms with E-state index in [0.29, 0.717) is 11.8 Å². The van der Waals surface area contributed by atoms with Crippen LogP contribution < -0.4 is 0 Å². The van der Waals surface area contributed by atoms with Crippen molar-refractivity contribution in [1.82, 2.24) is 0 Å². The molecule has 1 nitrogen and oxygen atoms in total. The van der Waals surface area contributed by atoms with Gasteiger partial charge in [-0.05, 0) is 49.7 Å². The maximum atomic E-state index is 12.2. The third-order valence-corrected chi connectivity index (χ3v) is 3.78. The third-order valence-electron chi connectivity index (χ3n) is 3.78. The summed E-state index contributed by atoms with van der Waals surface area (Å²) in [5.74, 6) is 1.12. The molecule has 0 amide bonds. The highest BCUT2D eigenvalue weighted by Gasteiger charge is 2.08. The molecule has 0 radical (unpaired) electrons. The third kappa shape index (κ3) is 8.35. The van der Waals surface area contributed by atoms with Gasteiger partial charge in [0.1, 0.15) is 0 Å². The van der Waals surface area contributed by atoms with Gasteiger partial charge in [-0.1, -0.05) is 65.5 Å². The van der Waals surface area contributed by atoms with Crippen LogP contribution in [0.2, 0.25) is 0 Å². The lowest BCUT2D eigenvalue weighted by Crippen LogP contribution is -2.02. The van der Waals surface area contributed by atoms with E-state index in [9.17, 15) is 4.79 Å². The van der Waals surface area contributed by atoms with E-state index < -0.39 is 0 Å². The Hall–Kier alpha value is -0.850. The number of hydrogen-bond donors (Lipinski definition) is 0. The molecule has 0 rings (SSSR count). The molecule has 0 unspecified atom stereocenters. The molecule has 0 aromatic heterocycles. The van der Waals surface area contributed by atoms with E-state index in [4.69, 9.17) is 0 Å². The van der Waals surface area contributed by atoms with Crippen LogP contribution in [0.3, 0.4) is 0 Å². The van der Waals surface area contributed by atoms with Gasteiger partial charge in [0.25, 0.3) is 0 Å². The second-order valence-corrected chi connectivity index (χ2v) is 6.36. The molecule has 1 heteroatoms. The number of unbranched alkanes of at least 4 members (excludes halogenated alkanes) is 2. The molecular formula is C19H34O. The Morgan fingerprint density at radius 1 is 0.800 bits per heavy atom. The summed E-state index contributed by atoms with van der Waals surface area (Å²) in [6.45, 7) is 13.1. The molecule has 0 aromatic rings. The minimum Gasteiger partial charge on any atom is -0.290 e. The fourth-order valence-electron chi connectivity index (χ4n) is 2.22. The predicted molar refractivity (Wildman–Crippen MR) is 89.9 cm³/mol. The topological polar surface area (TPSA) is 17.1 Å². The Morgan fingerprint density at radius 3 is 1.40 bits per heavy atom. The second kappa shape index (κ2) is 10.9. The van der Waals surface area contributed by atoms with Crippen LogP contribution in [0.5, 0.6) is 0 Å². The number of rotatable bonds is 10. The Morgan fingerprint density at radius 2 is 1.15 bits per heavy atom. The maximum absolute atomic E-state index is 12.2. The molecule has 0 fully saturated rings. The zero-order valence-electron chi connectivity index (χ0n) is 14.5. The smallest absolute Gasteiger partial charge is 0.178 e. The largest absolute Gasteiger partial charge is 0.290 e. The van der Waals surface area contributed by atoms with E-state index in [1.54, 1.807) is 0 Å². The summed E-state index contributed by atoms with van der Waals surface area (Å²) < 4.78 is 0. The van der Waals surface area contributed by atoms with Gasteiger partial charge in [-0.2, -0.15) is 0 Å². The van der Waals surface area contributed by atoms with Crippen molar-refractivity contribution >= 4 is 5.78 Å². The molecule has 0 saturated heterocycles. The molecular weight excluding hydrogens is 244 g/mol. The summed E-state index contributed by atoms with van der Waals surface area (Å²) in [6, 6.07) is 0. The van der Waals surface area contributed by atoms with Crippen molar-refractivity contribution in [3.8, 4) is 0 Å². The zero-order chi connectivity index (χ0) is 15.5. The Labute approximate surface area is 126 Å². The highest BCUT2D eigenvalue weighted by atomic mass is 16.1. The van der Waals surface area contributed by atoms with Crippen molar-refractivity contribution < 1.29 is 4.79 Å². The Balaban J connectivity index is 4.89. The van der Waals surface area contributed by atoms with Crippen LogP contribution in [0.15, 0.2) is 23.3 Å². The number of allylic oxidation sites excluding steroid dienone is 4. The molecule has 116 valence electrons. The number of carbonyl (C=O) groups is 1. The van der Waals surface area contributed by atoms with Gasteiger partial charge < -0.3 is 0 Å². The summed E-state index contributed by atoms with van der Waals surface area (Å²) in [5.41, 5.74) is 2.60. The van der Waals surface area contributed by atoms with Crippen molar-refractivity contribution in [1.29, 1.82) is 0 Å². The number of hydrogen-bond acceptors (Lipinski definition) is 1. The van der Waals surface area contributed by atoms with Gasteiger partial charge >= 0.3 is 0 Å². The zero-order valence-corrected chi connectivity index (χ0v) is 14.5. The SMILES string of the molecule is CCCCC(=CC(=O)C=C(CCCC)C(C)C)C(C)C. The van der Waals surface area contributed by atoms with E-state index in [1.165, 1.54) is 36.8 Å². The number of ketones is 1. The Kier molecular flexibility index (Phi) is 10.4. The van der Waals surface area contributed by atoms with Crippen LogP contribution in [-0.4, -0.2) is 5.78 Å². The van der Waals surface area contributed by atoms with E-state index in [2.05, 4.69) is 41.5 Å². The van der Waals surface area contributed by atoms with Gasteiger partial charge in [0.2, 0.25) is 0 Å². The van der Waals surface area contributed by atoms with Crippen LogP contribution in [0.4, 0.5) is 0 Å². The van der Waals surface area contributed by atoms with Gasteiger partial charge in [-0.15, -0.1) is 0 Å². The summed E-state index contributed by atoms with van der Waals surface area (Å²) in [6.07, 6.45) is 10.6. The Bertz CT molecular complexity index is 300. The lowest BCUT2D eigenvalue weighted by molar-refractivity contribution is -0.110. The van der Waals surface area contributed by atoms with Crippen LogP contribution in [0, 0.1) is 11.8 Å². The highest BCUT2D eigenvalue weighted by molar-refractivity contribution is 6.00. The molecule has 0 saturated carbocycles. The summed E-state index contributed by atoms with van der Waals surface area (Å²) >= 11 is 0. The van der Waals surface area contributed by atoms with Crippen LogP contribution in [0.25, 0.3) is 0 Å². The van der Waals surface area contributed by atoms with Gasteiger partial charge in [0.15, 0.2) is 5.78 Å². The standard InChI is InChI=1S/C19H34O/c1-7-9-11-17(15(3)4)13-19(20)14-18(16(5)6)12-10-8-2/h13-16H,7-12H2,1-6H3. The molecule has 0 aliphatic rings. The van der Waals surface area contributed by atoms with Crippen LogP contribution in [-0.2, 0) is 4.79 Å². The first kappa shape index (κ1) is 19.1. The maximum Gasteiger partial charge on any atom is 0.178 e. The van der Waals surface area contributed by atoms with E-state index in [0.717, 1.165) is 12.8 Å². The lowest BCUT2D eigenvalue weighted by atomic mass is 9.93. The van der Waals surface area contributed by atoms with Crippen molar-refractivity contribution in [2.75, 3.05) is 0 Å². The summed E-state index contributed by atoms with van der Waals surface area (Å²) in [7, 11) is 0. The van der Waals surface area contributed by atoms with Crippen molar-refractivity contribution in [3.05, 3.63) is 23.3 Å². The van der Waals surface area contributed by atoms with E-state index in [-0.39, 0.29) is 5.78 Å². The van der Waals surface area contributed by atoms with Gasteiger partial charge in [-0.3, -0.25) is 4.79 Å². The molecule has 0 aliphatic carbocycles. The minimum absolute atomic E-state index is 0.185. The molecule has 0 atom stereocenters. The van der Waals surface area contributed by atoms with Crippen LogP contribution in [0.1, 0.15) is 80.1 Å². The fourth-order valence-corrected chi connectivity index (χ4v) is 2.22. The molecule has 0 aliphatic heterocycles. The summed E-state index contributed by atoms with van der Waals surface area (Å²) in [4.78, 5) is 12.2. The van der Waals surface area contributed by atoms with Gasteiger partial charge in [0.05, 0.1) is 0 Å². The average molecular weight is 278 g/mol. The molecule has 20 heavy (non-hydrogen) atoms. The van der Waals surface area contributed by atoms with E-state index in [1.807, 2.05) is 12.2 Å². The van der Waals surface area contributed by atoms with Crippen LogP contribution >= 0.6 is 0 Å². The first-order chi connectivity index (χ1) is 9.42. The molecule has 0 bridgehead atoms. The van der Waals surface area contributed by atoms with Gasteiger partial charge in [-0.25, -0.2) is 0 Å². The van der Waals surface area contributed by atoms with Gasteiger partial charge in [0, 0.05) is 0 Å². The minimum atomic E-state index is 0.185. The van der Waals surface area contributed by atoms with Crippen molar-refractivity contribution in [3.63, 3.8) is 0 Å². The normalized spacial score (nSPS) is 13.4.